The highest BCUT2D eigenvalue weighted by molar-refractivity contribution is 5.92. The van der Waals surface area contributed by atoms with E-state index in [2.05, 4.69) is 27.1 Å². The zero-order valence-corrected chi connectivity index (χ0v) is 13.4. The Morgan fingerprint density at radius 3 is 2.52 bits per heavy atom. The van der Waals surface area contributed by atoms with Gasteiger partial charge in [-0.15, -0.1) is 0 Å². The van der Waals surface area contributed by atoms with Gasteiger partial charge in [-0.05, 0) is 24.7 Å². The van der Waals surface area contributed by atoms with Gasteiger partial charge in [-0.25, -0.2) is 4.98 Å². The molecule has 1 aromatic heterocycles. The standard InChI is InChI=1S/C18H22N4O/c1-21-10-12-22(13-11-21)17-9-5-8-16(20-17)18(23)19-14-15-6-3-2-4-7-15/h2-9H,10-14H2,1H3,(H,19,23). The largest absolute Gasteiger partial charge is 0.354 e. The van der Waals surface area contributed by atoms with Gasteiger partial charge in [0.05, 0.1) is 0 Å². The number of hydrogen-bond acceptors (Lipinski definition) is 4. The highest BCUT2D eigenvalue weighted by atomic mass is 16.1. The Kier molecular flexibility index (Phi) is 4.88. The first kappa shape index (κ1) is 15.5. The van der Waals surface area contributed by atoms with Crippen LogP contribution < -0.4 is 10.2 Å². The van der Waals surface area contributed by atoms with Gasteiger partial charge in [0, 0.05) is 32.7 Å². The molecule has 120 valence electrons. The van der Waals surface area contributed by atoms with Gasteiger partial charge in [0.2, 0.25) is 0 Å². The van der Waals surface area contributed by atoms with Crippen LogP contribution in [0, 0.1) is 0 Å². The molecule has 1 amide bonds. The van der Waals surface area contributed by atoms with Crippen LogP contribution in [0.3, 0.4) is 0 Å². The topological polar surface area (TPSA) is 48.5 Å². The lowest BCUT2D eigenvalue weighted by molar-refractivity contribution is 0.0946. The second-order valence-electron chi connectivity index (χ2n) is 5.84. The maximum atomic E-state index is 12.3. The molecule has 5 heteroatoms. The third-order valence-corrected chi connectivity index (χ3v) is 4.09. The number of anilines is 1. The lowest BCUT2D eigenvalue weighted by Gasteiger charge is -2.33. The maximum absolute atomic E-state index is 12.3. The van der Waals surface area contributed by atoms with E-state index in [-0.39, 0.29) is 5.91 Å². The summed E-state index contributed by atoms with van der Waals surface area (Å²) >= 11 is 0. The number of nitrogens with one attached hydrogen (secondary N) is 1. The van der Waals surface area contributed by atoms with E-state index in [1.54, 1.807) is 6.07 Å². The Morgan fingerprint density at radius 2 is 1.78 bits per heavy atom. The summed E-state index contributed by atoms with van der Waals surface area (Å²) in [6.07, 6.45) is 0. The lowest BCUT2D eigenvalue weighted by Crippen LogP contribution is -2.45. The van der Waals surface area contributed by atoms with Gasteiger partial charge < -0.3 is 15.1 Å². The minimum Gasteiger partial charge on any atom is -0.354 e. The van der Waals surface area contributed by atoms with Crippen molar-refractivity contribution in [2.45, 2.75) is 6.54 Å². The molecule has 0 spiro atoms. The Hall–Kier alpha value is -2.40. The fourth-order valence-electron chi connectivity index (χ4n) is 2.63. The first-order valence-corrected chi connectivity index (χ1v) is 7.95. The van der Waals surface area contributed by atoms with Crippen LogP contribution in [-0.4, -0.2) is 49.0 Å². The molecule has 1 aromatic carbocycles. The van der Waals surface area contributed by atoms with E-state index in [0.717, 1.165) is 37.6 Å². The number of carbonyl (C=O) groups excluding carboxylic acids is 1. The van der Waals surface area contributed by atoms with Crippen molar-refractivity contribution < 1.29 is 4.79 Å². The molecule has 23 heavy (non-hydrogen) atoms. The molecular weight excluding hydrogens is 288 g/mol. The van der Waals surface area contributed by atoms with Gasteiger partial charge in [-0.3, -0.25) is 4.79 Å². The molecule has 0 atom stereocenters. The van der Waals surface area contributed by atoms with Crippen molar-refractivity contribution in [1.29, 1.82) is 0 Å². The molecule has 0 radical (unpaired) electrons. The minimum absolute atomic E-state index is 0.134. The quantitative estimate of drug-likeness (QED) is 0.935. The van der Waals surface area contributed by atoms with Gasteiger partial charge in [0.1, 0.15) is 11.5 Å². The smallest absolute Gasteiger partial charge is 0.270 e. The van der Waals surface area contributed by atoms with Crippen LogP contribution in [0.15, 0.2) is 48.5 Å². The van der Waals surface area contributed by atoms with E-state index in [1.807, 2.05) is 42.5 Å². The van der Waals surface area contributed by atoms with Crippen LogP contribution in [0.2, 0.25) is 0 Å². The average molecular weight is 310 g/mol. The molecule has 0 bridgehead atoms. The number of amides is 1. The fourth-order valence-corrected chi connectivity index (χ4v) is 2.63. The number of hydrogen-bond donors (Lipinski definition) is 1. The van der Waals surface area contributed by atoms with Crippen LogP contribution >= 0.6 is 0 Å². The summed E-state index contributed by atoms with van der Waals surface area (Å²) in [4.78, 5) is 21.4. The van der Waals surface area contributed by atoms with E-state index >= 15 is 0 Å². The van der Waals surface area contributed by atoms with E-state index < -0.39 is 0 Å². The summed E-state index contributed by atoms with van der Waals surface area (Å²) in [7, 11) is 2.12. The molecule has 1 aliphatic rings. The third-order valence-electron chi connectivity index (χ3n) is 4.09. The summed E-state index contributed by atoms with van der Waals surface area (Å²) < 4.78 is 0. The summed E-state index contributed by atoms with van der Waals surface area (Å²) in [5.41, 5.74) is 1.55. The monoisotopic (exact) mass is 310 g/mol. The van der Waals surface area contributed by atoms with Crippen LogP contribution in [-0.2, 0) is 6.54 Å². The van der Waals surface area contributed by atoms with Gasteiger partial charge in [-0.2, -0.15) is 0 Å². The Bertz CT molecular complexity index is 651. The number of rotatable bonds is 4. The summed E-state index contributed by atoms with van der Waals surface area (Å²) in [5.74, 6) is 0.746. The second kappa shape index (κ2) is 7.24. The lowest BCUT2D eigenvalue weighted by atomic mass is 10.2. The number of benzene rings is 1. The number of nitrogens with zero attached hydrogens (tertiary/aromatic N) is 3. The predicted octanol–water partition coefficient (Wildman–Crippen LogP) is 1.76. The highest BCUT2D eigenvalue weighted by Crippen LogP contribution is 2.14. The molecular formula is C18H22N4O. The minimum atomic E-state index is -0.134. The van der Waals surface area contributed by atoms with Crippen LogP contribution in [0.4, 0.5) is 5.82 Å². The zero-order chi connectivity index (χ0) is 16.1. The second-order valence-corrected chi connectivity index (χ2v) is 5.84. The number of likely N-dealkylation sites (N-methyl/N-ethyl adjacent to an activating group) is 1. The van der Waals surface area contributed by atoms with Crippen molar-refractivity contribution in [3.05, 3.63) is 59.8 Å². The van der Waals surface area contributed by atoms with Crippen molar-refractivity contribution in [2.24, 2.45) is 0 Å². The predicted molar refractivity (Wildman–Crippen MR) is 91.6 cm³/mol. The molecule has 3 rings (SSSR count). The molecule has 1 N–H and O–H groups in total. The molecule has 1 aliphatic heterocycles. The van der Waals surface area contributed by atoms with Crippen molar-refractivity contribution in [3.63, 3.8) is 0 Å². The third kappa shape index (κ3) is 4.07. The van der Waals surface area contributed by atoms with Gasteiger partial charge in [0.25, 0.3) is 5.91 Å². The van der Waals surface area contributed by atoms with E-state index in [9.17, 15) is 4.79 Å². The van der Waals surface area contributed by atoms with E-state index in [0.29, 0.717) is 12.2 Å². The van der Waals surface area contributed by atoms with Crippen LogP contribution in [0.5, 0.6) is 0 Å². The number of piperazine rings is 1. The van der Waals surface area contributed by atoms with E-state index in [4.69, 9.17) is 0 Å². The van der Waals surface area contributed by atoms with Gasteiger partial charge >= 0.3 is 0 Å². The molecule has 0 aliphatic carbocycles. The molecule has 1 saturated heterocycles. The van der Waals surface area contributed by atoms with Crippen molar-refractivity contribution in [2.75, 3.05) is 38.1 Å². The zero-order valence-electron chi connectivity index (χ0n) is 13.4. The number of pyridine rings is 1. The molecule has 2 heterocycles. The summed E-state index contributed by atoms with van der Waals surface area (Å²) in [5, 5.41) is 2.92. The number of carbonyl (C=O) groups is 1. The Labute approximate surface area is 136 Å². The first-order chi connectivity index (χ1) is 11.2. The normalized spacial score (nSPS) is 15.4. The SMILES string of the molecule is CN1CCN(c2cccc(C(=O)NCc3ccccc3)n2)CC1. The molecule has 0 saturated carbocycles. The average Bonchev–Trinajstić information content (AvgIpc) is 2.61. The molecule has 1 fully saturated rings. The van der Waals surface area contributed by atoms with Crippen molar-refractivity contribution in [1.82, 2.24) is 15.2 Å². The summed E-state index contributed by atoms with van der Waals surface area (Å²) in [6.45, 7) is 4.44. The Morgan fingerprint density at radius 1 is 1.04 bits per heavy atom. The van der Waals surface area contributed by atoms with Crippen molar-refractivity contribution >= 4 is 11.7 Å². The highest BCUT2D eigenvalue weighted by Gasteiger charge is 2.16. The summed E-state index contributed by atoms with van der Waals surface area (Å²) in [6, 6.07) is 15.5. The maximum Gasteiger partial charge on any atom is 0.270 e. The van der Waals surface area contributed by atoms with Crippen LogP contribution in [0.1, 0.15) is 16.1 Å². The fraction of sp³-hybridized carbons (Fsp3) is 0.333. The number of aromatic nitrogens is 1. The van der Waals surface area contributed by atoms with Gasteiger partial charge in [0.15, 0.2) is 0 Å². The van der Waals surface area contributed by atoms with Crippen molar-refractivity contribution in [3.8, 4) is 0 Å². The van der Waals surface area contributed by atoms with Gasteiger partial charge in [-0.1, -0.05) is 36.4 Å². The molecule has 5 nitrogen and oxygen atoms in total. The molecule has 2 aromatic rings. The molecule has 0 unspecified atom stereocenters. The van der Waals surface area contributed by atoms with Crippen LogP contribution in [0.25, 0.3) is 0 Å². The van der Waals surface area contributed by atoms with E-state index in [1.165, 1.54) is 0 Å². The Balaban J connectivity index is 1.63. The first-order valence-electron chi connectivity index (χ1n) is 7.95.